The Kier molecular flexibility index (Phi) is 3.53. The van der Waals surface area contributed by atoms with E-state index in [0.29, 0.717) is 18.3 Å². The zero-order valence-electron chi connectivity index (χ0n) is 13.3. The third-order valence-corrected chi connectivity index (χ3v) is 5.71. The van der Waals surface area contributed by atoms with Crippen LogP contribution in [0, 0.1) is 23.2 Å². The molecular formula is C17H26O4. The largest absolute Gasteiger partial charge is 0.422 e. The first kappa shape index (κ1) is 14.9. The molecule has 2 aliphatic carbocycles. The highest BCUT2D eigenvalue weighted by atomic mass is 16.7. The molecule has 2 saturated carbocycles. The minimum atomic E-state index is -1.12. The number of esters is 2. The summed E-state index contributed by atoms with van der Waals surface area (Å²) in [5.74, 6) is -0.717. The minimum Gasteiger partial charge on any atom is -0.422 e. The van der Waals surface area contributed by atoms with E-state index in [1.807, 2.05) is 0 Å². The van der Waals surface area contributed by atoms with E-state index in [1.165, 1.54) is 6.42 Å². The first-order valence-corrected chi connectivity index (χ1v) is 8.37. The third-order valence-electron chi connectivity index (χ3n) is 5.71. The Hall–Kier alpha value is -1.06. The van der Waals surface area contributed by atoms with Gasteiger partial charge in [0, 0.05) is 13.8 Å². The van der Waals surface area contributed by atoms with Gasteiger partial charge in [0.2, 0.25) is 0 Å². The molecule has 0 aromatic heterocycles. The van der Waals surface area contributed by atoms with E-state index in [0.717, 1.165) is 32.1 Å². The maximum absolute atomic E-state index is 12.7. The predicted molar refractivity (Wildman–Crippen MR) is 77.2 cm³/mol. The number of cyclic esters (lactones) is 2. The Morgan fingerprint density at radius 1 is 1.10 bits per heavy atom. The van der Waals surface area contributed by atoms with E-state index >= 15 is 0 Å². The number of carbonyl (C=O) groups excluding carboxylic acids is 2. The number of hydrogen-bond donors (Lipinski definition) is 0. The standard InChI is InChI=1S/C17H26O4/c1-4-7-11-10-17(13-9-6-5-8-12(11)13)14(18)20-16(2,3)21-15(17)19/h11-13H,4-10H2,1-3H3/t11-,12?,13?/m0/s1. The molecule has 2 unspecified atom stereocenters. The third kappa shape index (κ3) is 2.18. The van der Waals surface area contributed by atoms with E-state index in [2.05, 4.69) is 6.92 Å². The first-order valence-electron chi connectivity index (χ1n) is 8.37. The van der Waals surface area contributed by atoms with Crippen molar-refractivity contribution in [3.05, 3.63) is 0 Å². The normalized spacial score (nSPS) is 37.0. The van der Waals surface area contributed by atoms with Gasteiger partial charge in [0.15, 0.2) is 5.41 Å². The van der Waals surface area contributed by atoms with Crippen molar-refractivity contribution >= 4 is 11.9 Å². The summed E-state index contributed by atoms with van der Waals surface area (Å²) in [4.78, 5) is 25.5. The Morgan fingerprint density at radius 2 is 1.71 bits per heavy atom. The smallest absolute Gasteiger partial charge is 0.327 e. The second kappa shape index (κ2) is 4.99. The van der Waals surface area contributed by atoms with Gasteiger partial charge in [-0.2, -0.15) is 0 Å². The van der Waals surface area contributed by atoms with Gasteiger partial charge < -0.3 is 9.47 Å². The van der Waals surface area contributed by atoms with Gasteiger partial charge >= 0.3 is 11.9 Å². The molecule has 4 nitrogen and oxygen atoms in total. The van der Waals surface area contributed by atoms with Crippen molar-refractivity contribution in [2.75, 3.05) is 0 Å². The molecule has 1 heterocycles. The molecule has 0 aromatic rings. The predicted octanol–water partition coefficient (Wildman–Crippen LogP) is 3.44. The molecule has 0 N–H and O–H groups in total. The van der Waals surface area contributed by atoms with Gasteiger partial charge in [-0.3, -0.25) is 9.59 Å². The maximum Gasteiger partial charge on any atom is 0.327 e. The summed E-state index contributed by atoms with van der Waals surface area (Å²) in [6.45, 7) is 5.43. The van der Waals surface area contributed by atoms with Crippen LogP contribution in [0.3, 0.4) is 0 Å². The van der Waals surface area contributed by atoms with Crippen molar-refractivity contribution in [1.82, 2.24) is 0 Å². The summed E-state index contributed by atoms with van der Waals surface area (Å²) in [5, 5.41) is 0. The van der Waals surface area contributed by atoms with Gasteiger partial charge in [0.25, 0.3) is 5.79 Å². The highest BCUT2D eigenvalue weighted by molar-refractivity contribution is 6.02. The van der Waals surface area contributed by atoms with Crippen LogP contribution < -0.4 is 0 Å². The van der Waals surface area contributed by atoms with Gasteiger partial charge in [-0.1, -0.05) is 32.6 Å². The van der Waals surface area contributed by atoms with E-state index in [1.54, 1.807) is 13.8 Å². The lowest BCUT2D eigenvalue weighted by molar-refractivity contribution is -0.255. The summed E-state index contributed by atoms with van der Waals surface area (Å²) in [7, 11) is 0. The number of fused-ring (bicyclic) bond motifs is 2. The SMILES string of the molecule is CCC[C@H]1CC2(C(=O)OC(C)(C)OC2=O)C2CCCCC21. The molecule has 3 rings (SSSR count). The maximum atomic E-state index is 12.7. The van der Waals surface area contributed by atoms with Crippen molar-refractivity contribution in [2.24, 2.45) is 23.2 Å². The fraction of sp³-hybridized carbons (Fsp3) is 0.882. The molecule has 0 amide bonds. The average Bonchev–Trinajstić information content (AvgIpc) is 2.73. The summed E-state index contributed by atoms with van der Waals surface area (Å²) < 4.78 is 11.0. The highest BCUT2D eigenvalue weighted by Crippen LogP contribution is 2.60. The number of rotatable bonds is 2. The molecule has 118 valence electrons. The number of ether oxygens (including phenoxy) is 2. The molecular weight excluding hydrogens is 268 g/mol. The molecule has 0 radical (unpaired) electrons. The lowest BCUT2D eigenvalue weighted by Gasteiger charge is -2.42. The zero-order chi connectivity index (χ0) is 15.3. The van der Waals surface area contributed by atoms with Crippen LogP contribution in [0.5, 0.6) is 0 Å². The Bertz CT molecular complexity index is 434. The molecule has 21 heavy (non-hydrogen) atoms. The quantitative estimate of drug-likeness (QED) is 0.578. The van der Waals surface area contributed by atoms with Crippen LogP contribution in [-0.4, -0.2) is 17.7 Å². The van der Waals surface area contributed by atoms with Crippen molar-refractivity contribution < 1.29 is 19.1 Å². The summed E-state index contributed by atoms with van der Waals surface area (Å²) in [5.41, 5.74) is -1.01. The highest BCUT2D eigenvalue weighted by Gasteiger charge is 2.67. The van der Waals surface area contributed by atoms with Gasteiger partial charge in [-0.05, 0) is 37.0 Å². The van der Waals surface area contributed by atoms with E-state index < -0.39 is 11.2 Å². The molecule has 1 aliphatic heterocycles. The van der Waals surface area contributed by atoms with Crippen LogP contribution in [0.25, 0.3) is 0 Å². The molecule has 0 aromatic carbocycles. The van der Waals surface area contributed by atoms with Gasteiger partial charge in [0.05, 0.1) is 0 Å². The van der Waals surface area contributed by atoms with Gasteiger partial charge in [0.1, 0.15) is 0 Å². The first-order chi connectivity index (χ1) is 9.90. The lowest BCUT2D eigenvalue weighted by atomic mass is 9.68. The van der Waals surface area contributed by atoms with Crippen molar-refractivity contribution in [1.29, 1.82) is 0 Å². The van der Waals surface area contributed by atoms with Crippen LogP contribution in [0.2, 0.25) is 0 Å². The fourth-order valence-corrected chi connectivity index (χ4v) is 4.94. The number of carbonyl (C=O) groups is 2. The van der Waals surface area contributed by atoms with Crippen LogP contribution in [0.15, 0.2) is 0 Å². The minimum absolute atomic E-state index is 0.124. The Labute approximate surface area is 126 Å². The molecule has 0 bridgehead atoms. The van der Waals surface area contributed by atoms with Crippen molar-refractivity contribution in [3.8, 4) is 0 Å². The summed E-state index contributed by atoms with van der Waals surface area (Å²) >= 11 is 0. The molecule has 4 heteroatoms. The monoisotopic (exact) mass is 294 g/mol. The zero-order valence-corrected chi connectivity index (χ0v) is 13.3. The molecule has 3 atom stereocenters. The topological polar surface area (TPSA) is 52.6 Å². The average molecular weight is 294 g/mol. The second-order valence-electron chi connectivity index (χ2n) is 7.46. The van der Waals surface area contributed by atoms with Crippen molar-refractivity contribution in [2.45, 2.75) is 71.5 Å². The van der Waals surface area contributed by atoms with Crippen LogP contribution in [0.4, 0.5) is 0 Å². The van der Waals surface area contributed by atoms with Crippen molar-refractivity contribution in [3.63, 3.8) is 0 Å². The number of hydrogen-bond acceptors (Lipinski definition) is 4. The van der Waals surface area contributed by atoms with E-state index in [4.69, 9.17) is 9.47 Å². The van der Waals surface area contributed by atoms with E-state index in [9.17, 15) is 9.59 Å². The van der Waals surface area contributed by atoms with Crippen LogP contribution in [-0.2, 0) is 19.1 Å². The van der Waals surface area contributed by atoms with E-state index in [-0.39, 0.29) is 17.9 Å². The van der Waals surface area contributed by atoms with Gasteiger partial charge in [-0.15, -0.1) is 0 Å². The van der Waals surface area contributed by atoms with Gasteiger partial charge in [-0.25, -0.2) is 0 Å². The Balaban J connectivity index is 1.95. The van der Waals surface area contributed by atoms with Crippen LogP contribution in [0.1, 0.15) is 65.7 Å². The lowest BCUT2D eigenvalue weighted by Crippen LogP contribution is -2.56. The second-order valence-corrected chi connectivity index (χ2v) is 7.46. The molecule has 3 fully saturated rings. The summed E-state index contributed by atoms with van der Waals surface area (Å²) in [6.07, 6.45) is 7.23. The molecule has 1 saturated heterocycles. The Morgan fingerprint density at radius 3 is 2.33 bits per heavy atom. The molecule has 3 aliphatic rings. The fourth-order valence-electron chi connectivity index (χ4n) is 4.94. The van der Waals surface area contributed by atoms with Crippen LogP contribution >= 0.6 is 0 Å². The summed E-state index contributed by atoms with van der Waals surface area (Å²) in [6, 6.07) is 0. The molecule has 1 spiro atoms.